The molecule has 0 heterocycles. The number of unbranched alkanes of at least 4 members (excludes halogenated alkanes) is 1. The molecule has 0 rings (SSSR count). The van der Waals surface area contributed by atoms with Gasteiger partial charge in [-0.2, -0.15) is 0 Å². The minimum absolute atomic E-state index is 0.350. The van der Waals surface area contributed by atoms with E-state index in [1.807, 2.05) is 0 Å². The van der Waals surface area contributed by atoms with Crippen molar-refractivity contribution in [3.63, 3.8) is 0 Å². The molecule has 0 N–H and O–H groups in total. The molecule has 5 heteroatoms. The van der Waals surface area contributed by atoms with Crippen LogP contribution in [0, 0.1) is 0 Å². The lowest BCUT2D eigenvalue weighted by Crippen LogP contribution is -2.28. The SMILES string of the molecule is C=CCCCN(C)S(=O)(=O)CCl. The molecule has 0 unspecified atom stereocenters. The molecule has 12 heavy (non-hydrogen) atoms. The Kier molecular flexibility index (Phi) is 5.53. The number of nitrogens with zero attached hydrogens (tertiary/aromatic N) is 1. The third kappa shape index (κ3) is 4.09. The van der Waals surface area contributed by atoms with Gasteiger partial charge in [-0.05, 0) is 12.8 Å². The summed E-state index contributed by atoms with van der Waals surface area (Å²) in [6, 6.07) is 0. The van der Waals surface area contributed by atoms with Gasteiger partial charge in [-0.25, -0.2) is 12.7 Å². The number of halogens is 1. The Hall–Kier alpha value is -0.0600. The van der Waals surface area contributed by atoms with E-state index < -0.39 is 10.0 Å². The Bertz CT molecular complexity index is 226. The summed E-state index contributed by atoms with van der Waals surface area (Å²) in [7, 11) is -1.69. The minimum Gasteiger partial charge on any atom is -0.211 e. The van der Waals surface area contributed by atoms with Gasteiger partial charge in [0.1, 0.15) is 5.21 Å². The molecule has 3 nitrogen and oxygen atoms in total. The van der Waals surface area contributed by atoms with Crippen LogP contribution in [0.25, 0.3) is 0 Å². The maximum atomic E-state index is 11.1. The lowest BCUT2D eigenvalue weighted by molar-refractivity contribution is 0.466. The van der Waals surface area contributed by atoms with Crippen molar-refractivity contribution >= 4 is 21.6 Å². The van der Waals surface area contributed by atoms with Crippen LogP contribution < -0.4 is 0 Å². The molecule has 0 aliphatic rings. The first-order valence-corrected chi connectivity index (χ1v) is 5.80. The van der Waals surface area contributed by atoms with Gasteiger partial charge in [0.2, 0.25) is 10.0 Å². The Labute approximate surface area is 79.1 Å². The van der Waals surface area contributed by atoms with E-state index in [2.05, 4.69) is 6.58 Å². The molecule has 0 saturated carbocycles. The Morgan fingerprint density at radius 1 is 1.58 bits per heavy atom. The molecule has 0 aliphatic heterocycles. The molecule has 72 valence electrons. The van der Waals surface area contributed by atoms with Crippen LogP contribution in [-0.4, -0.2) is 31.5 Å². The van der Waals surface area contributed by atoms with E-state index in [1.165, 1.54) is 11.4 Å². The summed E-state index contributed by atoms with van der Waals surface area (Å²) in [6.45, 7) is 4.05. The molecule has 0 aromatic heterocycles. The van der Waals surface area contributed by atoms with Crippen LogP contribution in [0.4, 0.5) is 0 Å². The fourth-order valence-electron chi connectivity index (χ4n) is 0.681. The summed E-state index contributed by atoms with van der Waals surface area (Å²) in [5.41, 5.74) is 0. The molecule has 0 aromatic rings. The van der Waals surface area contributed by atoms with Crippen LogP contribution in [0.5, 0.6) is 0 Å². The summed E-state index contributed by atoms with van der Waals surface area (Å²) < 4.78 is 23.4. The van der Waals surface area contributed by atoms with Crippen LogP contribution in [0.15, 0.2) is 12.7 Å². The highest BCUT2D eigenvalue weighted by Crippen LogP contribution is 2.02. The average molecular weight is 212 g/mol. The normalized spacial score (nSPS) is 11.9. The average Bonchev–Trinajstić information content (AvgIpc) is 2.05. The maximum Gasteiger partial charge on any atom is 0.227 e. The van der Waals surface area contributed by atoms with Gasteiger partial charge in [0.15, 0.2) is 0 Å². The fraction of sp³-hybridized carbons (Fsp3) is 0.714. The van der Waals surface area contributed by atoms with Gasteiger partial charge in [0.25, 0.3) is 0 Å². The van der Waals surface area contributed by atoms with E-state index in [9.17, 15) is 8.42 Å². The van der Waals surface area contributed by atoms with Gasteiger partial charge in [0.05, 0.1) is 0 Å². The molecule has 0 amide bonds. The van der Waals surface area contributed by atoms with E-state index >= 15 is 0 Å². The maximum absolute atomic E-state index is 11.1. The van der Waals surface area contributed by atoms with Gasteiger partial charge in [-0.1, -0.05) is 6.08 Å². The topological polar surface area (TPSA) is 37.4 Å². The largest absolute Gasteiger partial charge is 0.227 e. The van der Waals surface area contributed by atoms with Crippen molar-refractivity contribution in [2.24, 2.45) is 0 Å². The second-order valence-corrected chi connectivity index (χ2v) is 5.13. The number of hydrogen-bond donors (Lipinski definition) is 0. The van der Waals surface area contributed by atoms with Crippen LogP contribution >= 0.6 is 11.6 Å². The zero-order valence-corrected chi connectivity index (χ0v) is 8.74. The zero-order valence-electron chi connectivity index (χ0n) is 7.16. The van der Waals surface area contributed by atoms with Crippen LogP contribution in [0.3, 0.4) is 0 Å². The second-order valence-electron chi connectivity index (χ2n) is 2.47. The third-order valence-corrected chi connectivity index (χ3v) is 3.73. The Morgan fingerprint density at radius 2 is 2.17 bits per heavy atom. The van der Waals surface area contributed by atoms with E-state index in [1.54, 1.807) is 6.08 Å². The van der Waals surface area contributed by atoms with Crippen molar-refractivity contribution in [3.05, 3.63) is 12.7 Å². The highest BCUT2D eigenvalue weighted by atomic mass is 35.5. The second kappa shape index (κ2) is 5.56. The van der Waals surface area contributed by atoms with E-state index in [0.717, 1.165) is 12.8 Å². The van der Waals surface area contributed by atoms with Gasteiger partial charge < -0.3 is 0 Å². The van der Waals surface area contributed by atoms with Crippen molar-refractivity contribution in [1.29, 1.82) is 0 Å². The molecule has 0 aromatic carbocycles. The van der Waals surface area contributed by atoms with Gasteiger partial charge in [0, 0.05) is 13.6 Å². The van der Waals surface area contributed by atoms with Crippen molar-refractivity contribution in [2.45, 2.75) is 12.8 Å². The quantitative estimate of drug-likeness (QED) is 0.379. The first-order valence-electron chi connectivity index (χ1n) is 3.65. The Morgan fingerprint density at radius 3 is 2.58 bits per heavy atom. The molecule has 0 spiro atoms. The molecule has 0 saturated heterocycles. The van der Waals surface area contributed by atoms with Gasteiger partial charge in [-0.3, -0.25) is 0 Å². The molecule has 0 atom stereocenters. The monoisotopic (exact) mass is 211 g/mol. The standard InChI is InChI=1S/C7H14ClNO2S/c1-3-4-5-6-9(2)12(10,11)7-8/h3H,1,4-7H2,2H3. The van der Waals surface area contributed by atoms with Crippen molar-refractivity contribution in [1.82, 2.24) is 4.31 Å². The Balaban J connectivity index is 3.87. The lowest BCUT2D eigenvalue weighted by atomic mass is 10.3. The summed E-state index contributed by atoms with van der Waals surface area (Å²) in [5, 5.41) is -0.350. The first kappa shape index (κ1) is 11.9. The fourth-order valence-corrected chi connectivity index (χ4v) is 1.75. The molecule has 0 aliphatic carbocycles. The first-order chi connectivity index (χ1) is 5.54. The number of alkyl halides is 1. The summed E-state index contributed by atoms with van der Waals surface area (Å²) in [5.74, 6) is 0. The smallest absolute Gasteiger partial charge is 0.211 e. The predicted molar refractivity (Wildman–Crippen MR) is 51.7 cm³/mol. The van der Waals surface area contributed by atoms with Crippen molar-refractivity contribution in [3.8, 4) is 0 Å². The molecule has 0 fully saturated rings. The van der Waals surface area contributed by atoms with Gasteiger partial charge >= 0.3 is 0 Å². The zero-order chi connectivity index (χ0) is 9.61. The molecular weight excluding hydrogens is 198 g/mol. The van der Waals surface area contributed by atoms with E-state index in [4.69, 9.17) is 11.6 Å². The number of rotatable bonds is 6. The summed E-state index contributed by atoms with van der Waals surface area (Å²) in [4.78, 5) is 0. The number of sulfonamides is 1. The molecule has 0 bridgehead atoms. The van der Waals surface area contributed by atoms with Crippen LogP contribution in [0.1, 0.15) is 12.8 Å². The number of hydrogen-bond acceptors (Lipinski definition) is 2. The van der Waals surface area contributed by atoms with Crippen LogP contribution in [-0.2, 0) is 10.0 Å². The van der Waals surface area contributed by atoms with E-state index in [-0.39, 0.29) is 5.21 Å². The van der Waals surface area contributed by atoms with Gasteiger partial charge in [-0.15, -0.1) is 18.2 Å². The summed E-state index contributed by atoms with van der Waals surface area (Å²) in [6.07, 6.45) is 3.37. The lowest BCUT2D eigenvalue weighted by Gasteiger charge is -2.13. The van der Waals surface area contributed by atoms with E-state index in [0.29, 0.717) is 6.54 Å². The highest BCUT2D eigenvalue weighted by Gasteiger charge is 2.14. The predicted octanol–water partition coefficient (Wildman–Crippen LogP) is 1.41. The third-order valence-electron chi connectivity index (χ3n) is 1.49. The molecule has 0 radical (unpaired) electrons. The molecular formula is C7H14ClNO2S. The highest BCUT2D eigenvalue weighted by molar-refractivity contribution is 7.90. The van der Waals surface area contributed by atoms with Crippen molar-refractivity contribution in [2.75, 3.05) is 18.8 Å². The number of allylic oxidation sites excluding steroid dienone is 1. The van der Waals surface area contributed by atoms with Crippen LogP contribution in [0.2, 0.25) is 0 Å². The van der Waals surface area contributed by atoms with Crippen molar-refractivity contribution < 1.29 is 8.42 Å². The minimum atomic E-state index is -3.21. The summed E-state index contributed by atoms with van der Waals surface area (Å²) >= 11 is 5.25.